The molecule has 3 aliphatic carbocycles. The third-order valence-electron chi connectivity index (χ3n) is 3.99. The van der Waals surface area contributed by atoms with Crippen LogP contribution >= 0.6 is 11.3 Å². The molecule has 2 bridgehead atoms. The first-order valence-electron chi connectivity index (χ1n) is 5.38. The predicted octanol–water partition coefficient (Wildman–Crippen LogP) is 2.34. The molecule has 3 saturated carbocycles. The van der Waals surface area contributed by atoms with E-state index in [0.717, 1.165) is 5.92 Å². The first kappa shape index (κ1) is 8.65. The van der Waals surface area contributed by atoms with E-state index in [4.69, 9.17) is 5.73 Å². The lowest BCUT2D eigenvalue weighted by Crippen LogP contribution is -2.37. The predicted molar refractivity (Wildman–Crippen MR) is 57.2 cm³/mol. The van der Waals surface area contributed by atoms with Gasteiger partial charge in [-0.25, -0.2) is 0 Å². The molecule has 1 aromatic heterocycles. The Balaban J connectivity index is 1.95. The van der Waals surface area contributed by atoms with E-state index in [0.29, 0.717) is 10.5 Å². The van der Waals surface area contributed by atoms with Crippen LogP contribution in [0.1, 0.15) is 43.5 Å². The van der Waals surface area contributed by atoms with Gasteiger partial charge in [-0.3, -0.25) is 0 Å². The Morgan fingerprint density at radius 3 is 2.29 bits per heavy atom. The molecule has 0 unspecified atom stereocenters. The van der Waals surface area contributed by atoms with Gasteiger partial charge in [-0.15, -0.1) is 10.2 Å². The Morgan fingerprint density at radius 1 is 1.14 bits per heavy atom. The van der Waals surface area contributed by atoms with E-state index in [1.807, 2.05) is 0 Å². The quantitative estimate of drug-likeness (QED) is 0.772. The van der Waals surface area contributed by atoms with Crippen molar-refractivity contribution in [3.05, 3.63) is 5.01 Å². The number of anilines is 1. The molecule has 3 nitrogen and oxygen atoms in total. The average Bonchev–Trinajstić information content (AvgIpc) is 2.68. The number of nitrogens with zero attached hydrogens (tertiary/aromatic N) is 2. The summed E-state index contributed by atoms with van der Waals surface area (Å²) in [5, 5.41) is 10.0. The summed E-state index contributed by atoms with van der Waals surface area (Å²) < 4.78 is 0. The second kappa shape index (κ2) is 2.92. The van der Waals surface area contributed by atoms with Gasteiger partial charge in [0.2, 0.25) is 5.13 Å². The number of rotatable bonds is 1. The summed E-state index contributed by atoms with van der Waals surface area (Å²) in [6.45, 7) is 0. The normalized spacial score (nSPS) is 36.1. The van der Waals surface area contributed by atoms with Gasteiger partial charge in [-0.05, 0) is 44.4 Å². The van der Waals surface area contributed by atoms with Crippen molar-refractivity contribution in [2.24, 2.45) is 5.92 Å². The molecule has 2 N–H and O–H groups in total. The van der Waals surface area contributed by atoms with Gasteiger partial charge in [0.25, 0.3) is 0 Å². The molecule has 14 heavy (non-hydrogen) atoms. The molecular formula is C10H15N3S. The standard InChI is InChI=1S/C10H15N3S/c11-9-13-12-8(14-9)10-4-1-7(2-5-10)3-6-10/h7H,1-6H2,(H2,11,13). The zero-order valence-electron chi connectivity index (χ0n) is 8.20. The number of aromatic nitrogens is 2. The maximum absolute atomic E-state index is 5.66. The van der Waals surface area contributed by atoms with Crippen LogP contribution in [0.3, 0.4) is 0 Å². The van der Waals surface area contributed by atoms with Gasteiger partial charge in [0.1, 0.15) is 5.01 Å². The van der Waals surface area contributed by atoms with Crippen LogP contribution in [-0.4, -0.2) is 10.2 Å². The van der Waals surface area contributed by atoms with Gasteiger partial charge in [0.15, 0.2) is 0 Å². The van der Waals surface area contributed by atoms with Crippen molar-refractivity contribution in [2.45, 2.75) is 43.9 Å². The minimum atomic E-state index is 0.365. The zero-order valence-corrected chi connectivity index (χ0v) is 9.02. The third-order valence-corrected chi connectivity index (χ3v) is 4.99. The summed E-state index contributed by atoms with van der Waals surface area (Å²) in [5.74, 6) is 1.00. The summed E-state index contributed by atoms with van der Waals surface area (Å²) in [6, 6.07) is 0. The highest BCUT2D eigenvalue weighted by atomic mass is 32.1. The van der Waals surface area contributed by atoms with E-state index in [1.165, 1.54) is 43.5 Å². The highest BCUT2D eigenvalue weighted by Gasteiger charge is 2.43. The van der Waals surface area contributed by atoms with Crippen molar-refractivity contribution >= 4 is 16.5 Å². The fourth-order valence-electron chi connectivity index (χ4n) is 3.02. The Hall–Kier alpha value is -0.640. The summed E-state index contributed by atoms with van der Waals surface area (Å²) in [5.41, 5.74) is 6.02. The van der Waals surface area contributed by atoms with Gasteiger partial charge < -0.3 is 5.73 Å². The monoisotopic (exact) mass is 209 g/mol. The van der Waals surface area contributed by atoms with Gasteiger partial charge in [0.05, 0.1) is 0 Å². The lowest BCUT2D eigenvalue weighted by Gasteiger charge is -2.44. The molecule has 0 aromatic carbocycles. The minimum Gasteiger partial charge on any atom is -0.374 e. The fourth-order valence-corrected chi connectivity index (χ4v) is 3.90. The van der Waals surface area contributed by atoms with Crippen LogP contribution in [0.2, 0.25) is 0 Å². The molecular weight excluding hydrogens is 194 g/mol. The first-order chi connectivity index (χ1) is 6.78. The maximum Gasteiger partial charge on any atom is 0.203 e. The number of fused-ring (bicyclic) bond motifs is 3. The van der Waals surface area contributed by atoms with Crippen LogP contribution in [0.5, 0.6) is 0 Å². The first-order valence-corrected chi connectivity index (χ1v) is 6.20. The molecule has 0 atom stereocenters. The molecule has 0 aliphatic heterocycles. The van der Waals surface area contributed by atoms with Crippen molar-refractivity contribution in [3.63, 3.8) is 0 Å². The lowest BCUT2D eigenvalue weighted by atomic mass is 9.61. The summed E-state index contributed by atoms with van der Waals surface area (Å²) in [7, 11) is 0. The molecule has 0 amide bonds. The molecule has 3 aliphatic rings. The Labute approximate surface area is 87.7 Å². The van der Waals surface area contributed by atoms with Gasteiger partial charge in [-0.1, -0.05) is 11.3 Å². The highest BCUT2D eigenvalue weighted by molar-refractivity contribution is 7.15. The zero-order chi connectivity index (χ0) is 9.60. The van der Waals surface area contributed by atoms with Crippen molar-refractivity contribution in [3.8, 4) is 0 Å². The van der Waals surface area contributed by atoms with Crippen molar-refractivity contribution in [2.75, 3.05) is 5.73 Å². The van der Waals surface area contributed by atoms with Crippen LogP contribution in [0.4, 0.5) is 5.13 Å². The van der Waals surface area contributed by atoms with E-state index in [-0.39, 0.29) is 0 Å². The molecule has 1 heterocycles. The highest BCUT2D eigenvalue weighted by Crippen LogP contribution is 2.52. The number of nitrogen functional groups attached to an aromatic ring is 1. The number of nitrogens with two attached hydrogens (primary N) is 1. The van der Waals surface area contributed by atoms with Crippen LogP contribution in [-0.2, 0) is 5.41 Å². The van der Waals surface area contributed by atoms with E-state index < -0.39 is 0 Å². The van der Waals surface area contributed by atoms with Crippen molar-refractivity contribution in [1.29, 1.82) is 0 Å². The number of hydrogen-bond acceptors (Lipinski definition) is 4. The average molecular weight is 209 g/mol. The number of hydrogen-bond donors (Lipinski definition) is 1. The van der Waals surface area contributed by atoms with Crippen molar-refractivity contribution in [1.82, 2.24) is 10.2 Å². The topological polar surface area (TPSA) is 51.8 Å². The van der Waals surface area contributed by atoms with E-state index in [1.54, 1.807) is 11.3 Å². The molecule has 0 spiro atoms. The third kappa shape index (κ3) is 1.16. The van der Waals surface area contributed by atoms with Crippen molar-refractivity contribution < 1.29 is 0 Å². The largest absolute Gasteiger partial charge is 0.374 e. The molecule has 4 rings (SSSR count). The maximum atomic E-state index is 5.66. The summed E-state index contributed by atoms with van der Waals surface area (Å²) >= 11 is 1.60. The van der Waals surface area contributed by atoms with Gasteiger partial charge in [-0.2, -0.15) is 0 Å². The lowest BCUT2D eigenvalue weighted by molar-refractivity contribution is 0.135. The van der Waals surface area contributed by atoms with Crippen LogP contribution in [0.15, 0.2) is 0 Å². The SMILES string of the molecule is Nc1nnc(C23CCC(CC2)CC3)s1. The van der Waals surface area contributed by atoms with Gasteiger partial charge in [0, 0.05) is 5.41 Å². The molecule has 3 fully saturated rings. The fraction of sp³-hybridized carbons (Fsp3) is 0.800. The Morgan fingerprint density at radius 2 is 1.79 bits per heavy atom. The summed E-state index contributed by atoms with van der Waals surface area (Å²) in [6.07, 6.45) is 8.10. The second-order valence-electron chi connectivity index (χ2n) is 4.71. The van der Waals surface area contributed by atoms with E-state index in [2.05, 4.69) is 10.2 Å². The summed E-state index contributed by atoms with van der Waals surface area (Å²) in [4.78, 5) is 0. The van der Waals surface area contributed by atoms with Gasteiger partial charge >= 0.3 is 0 Å². The molecule has 0 radical (unpaired) electrons. The molecule has 4 heteroatoms. The van der Waals surface area contributed by atoms with Crippen LogP contribution < -0.4 is 5.73 Å². The van der Waals surface area contributed by atoms with E-state index >= 15 is 0 Å². The van der Waals surface area contributed by atoms with Crippen LogP contribution in [0, 0.1) is 5.92 Å². The second-order valence-corrected chi connectivity index (χ2v) is 5.72. The Kier molecular flexibility index (Phi) is 1.81. The van der Waals surface area contributed by atoms with E-state index in [9.17, 15) is 0 Å². The molecule has 76 valence electrons. The Bertz CT molecular complexity index is 325. The molecule has 1 aromatic rings. The molecule has 0 saturated heterocycles. The minimum absolute atomic E-state index is 0.365. The van der Waals surface area contributed by atoms with Crippen LogP contribution in [0.25, 0.3) is 0 Å². The smallest absolute Gasteiger partial charge is 0.203 e.